The first-order valence-electron chi connectivity index (χ1n) is 8.26. The van der Waals surface area contributed by atoms with E-state index in [1.165, 1.54) is 0 Å². The lowest BCUT2D eigenvalue weighted by atomic mass is 9.82. The Morgan fingerprint density at radius 3 is 2.29 bits per heavy atom. The predicted octanol–water partition coefficient (Wildman–Crippen LogP) is 5.19. The van der Waals surface area contributed by atoms with Gasteiger partial charge in [-0.15, -0.1) is 0 Å². The van der Waals surface area contributed by atoms with Gasteiger partial charge in [0.25, 0.3) is 0 Å². The molecule has 0 atom stereocenters. The van der Waals surface area contributed by atoms with Crippen LogP contribution in [0.5, 0.6) is 0 Å². The van der Waals surface area contributed by atoms with Crippen LogP contribution in [0.4, 0.5) is 4.39 Å². The second-order valence-corrected chi connectivity index (χ2v) is 7.70. The monoisotopic (exact) mass is 398 g/mol. The van der Waals surface area contributed by atoms with Gasteiger partial charge in [0.15, 0.2) is 0 Å². The lowest BCUT2D eigenvalue weighted by Crippen LogP contribution is -2.41. The van der Waals surface area contributed by atoms with Crippen LogP contribution in [-0.4, -0.2) is 31.5 Å². The number of benzene rings is 1. The number of rotatable bonds is 6. The van der Waals surface area contributed by atoms with Gasteiger partial charge in [0, 0.05) is 11.1 Å². The SMILES string of the molecule is CCOCCC(=C(F)B1OC(C)(C)C(C)(C)O1)c1ccccc1Br. The van der Waals surface area contributed by atoms with E-state index in [2.05, 4.69) is 15.9 Å². The van der Waals surface area contributed by atoms with Crippen molar-refractivity contribution in [2.24, 2.45) is 0 Å². The van der Waals surface area contributed by atoms with Gasteiger partial charge in [0.1, 0.15) is 5.73 Å². The maximum Gasteiger partial charge on any atom is 0.525 e. The maximum absolute atomic E-state index is 15.3. The Morgan fingerprint density at radius 1 is 1.17 bits per heavy atom. The molecule has 1 aliphatic rings. The Morgan fingerprint density at radius 2 is 1.75 bits per heavy atom. The van der Waals surface area contributed by atoms with Crippen molar-refractivity contribution in [2.45, 2.75) is 52.2 Å². The van der Waals surface area contributed by atoms with E-state index in [0.29, 0.717) is 25.2 Å². The molecule has 24 heavy (non-hydrogen) atoms. The highest BCUT2D eigenvalue weighted by molar-refractivity contribution is 9.10. The summed E-state index contributed by atoms with van der Waals surface area (Å²) in [5.74, 6) is 0. The Kier molecular flexibility index (Phi) is 6.29. The van der Waals surface area contributed by atoms with Crippen LogP contribution in [0.15, 0.2) is 34.5 Å². The highest BCUT2D eigenvalue weighted by atomic mass is 79.9. The van der Waals surface area contributed by atoms with Gasteiger partial charge in [-0.3, -0.25) is 0 Å². The molecule has 1 saturated heterocycles. The van der Waals surface area contributed by atoms with Crippen molar-refractivity contribution in [3.8, 4) is 0 Å². The zero-order valence-electron chi connectivity index (χ0n) is 15.0. The van der Waals surface area contributed by atoms with Gasteiger partial charge >= 0.3 is 7.12 Å². The zero-order valence-corrected chi connectivity index (χ0v) is 16.6. The average Bonchev–Trinajstić information content (AvgIpc) is 2.73. The summed E-state index contributed by atoms with van der Waals surface area (Å²) < 4.78 is 33.3. The van der Waals surface area contributed by atoms with E-state index in [-0.39, 0.29) is 5.73 Å². The second kappa shape index (κ2) is 7.69. The summed E-state index contributed by atoms with van der Waals surface area (Å²) in [5, 5.41) is 0. The topological polar surface area (TPSA) is 27.7 Å². The largest absolute Gasteiger partial charge is 0.525 e. The molecule has 1 aliphatic heterocycles. The van der Waals surface area contributed by atoms with Crippen LogP contribution >= 0.6 is 15.9 Å². The molecule has 0 N–H and O–H groups in total. The molecule has 0 unspecified atom stereocenters. The molecule has 2 rings (SSSR count). The Hall–Kier alpha value is -0.685. The van der Waals surface area contributed by atoms with Gasteiger partial charge in [-0.1, -0.05) is 34.1 Å². The van der Waals surface area contributed by atoms with Gasteiger partial charge in [0.05, 0.1) is 17.8 Å². The van der Waals surface area contributed by atoms with Crippen molar-refractivity contribution in [3.05, 3.63) is 40.0 Å². The second-order valence-electron chi connectivity index (χ2n) is 6.84. The maximum atomic E-state index is 15.3. The highest BCUT2D eigenvalue weighted by Gasteiger charge is 2.53. The van der Waals surface area contributed by atoms with Gasteiger partial charge in [-0.2, -0.15) is 0 Å². The molecule has 3 nitrogen and oxygen atoms in total. The fourth-order valence-corrected chi connectivity index (χ4v) is 3.02. The molecule has 0 spiro atoms. The van der Waals surface area contributed by atoms with E-state index in [0.717, 1.165) is 10.0 Å². The van der Waals surface area contributed by atoms with E-state index >= 15 is 4.39 Å². The first kappa shape index (κ1) is 19.6. The summed E-state index contributed by atoms with van der Waals surface area (Å²) in [7, 11) is -1.00. The van der Waals surface area contributed by atoms with E-state index in [1.54, 1.807) is 0 Å². The summed E-state index contributed by atoms with van der Waals surface area (Å²) in [4.78, 5) is 0. The molecule has 1 aromatic carbocycles. The summed E-state index contributed by atoms with van der Waals surface area (Å²) in [5.41, 5.74) is -0.193. The molecule has 6 heteroatoms. The van der Waals surface area contributed by atoms with E-state index < -0.39 is 18.3 Å². The molecule has 0 aliphatic carbocycles. The predicted molar refractivity (Wildman–Crippen MR) is 99.4 cm³/mol. The quantitative estimate of drug-likeness (QED) is 0.487. The fourth-order valence-electron chi connectivity index (χ4n) is 2.50. The summed E-state index contributed by atoms with van der Waals surface area (Å²) in [6.07, 6.45) is 0.451. The van der Waals surface area contributed by atoms with Gasteiger partial charge in [-0.05, 0) is 58.2 Å². The third kappa shape index (κ3) is 4.10. The number of ether oxygens (including phenoxy) is 1. The van der Waals surface area contributed by atoms with Crippen molar-refractivity contribution in [1.82, 2.24) is 0 Å². The fraction of sp³-hybridized carbons (Fsp3) is 0.556. The van der Waals surface area contributed by atoms with Crippen LogP contribution in [0.1, 0.15) is 46.6 Å². The van der Waals surface area contributed by atoms with E-state index in [4.69, 9.17) is 14.0 Å². The molecule has 0 bridgehead atoms. The summed E-state index contributed by atoms with van der Waals surface area (Å²) >= 11 is 3.50. The van der Waals surface area contributed by atoms with E-state index in [9.17, 15) is 0 Å². The molecule has 132 valence electrons. The van der Waals surface area contributed by atoms with Crippen LogP contribution in [-0.2, 0) is 14.0 Å². The Balaban J connectivity index is 2.38. The molecule has 1 heterocycles. The first-order valence-corrected chi connectivity index (χ1v) is 9.05. The Bertz CT molecular complexity index is 600. The average molecular weight is 399 g/mol. The van der Waals surface area contributed by atoms with Gasteiger partial charge in [-0.25, -0.2) is 4.39 Å². The van der Waals surface area contributed by atoms with Crippen LogP contribution in [0.25, 0.3) is 5.57 Å². The third-order valence-corrected chi connectivity index (χ3v) is 5.34. The van der Waals surface area contributed by atoms with Crippen LogP contribution < -0.4 is 0 Å². The molecular formula is C18H25BBrFO3. The van der Waals surface area contributed by atoms with Crippen LogP contribution in [0, 0.1) is 0 Å². The molecule has 0 saturated carbocycles. The van der Waals surface area contributed by atoms with E-state index in [1.807, 2.05) is 58.9 Å². The van der Waals surface area contributed by atoms with Crippen molar-refractivity contribution in [1.29, 1.82) is 0 Å². The van der Waals surface area contributed by atoms with Gasteiger partial charge in [0.2, 0.25) is 0 Å². The normalized spacial score (nSPS) is 20.2. The van der Waals surface area contributed by atoms with Crippen LogP contribution in [0.3, 0.4) is 0 Å². The Labute approximate surface area is 152 Å². The lowest BCUT2D eigenvalue weighted by molar-refractivity contribution is 0.00578. The molecular weight excluding hydrogens is 374 g/mol. The lowest BCUT2D eigenvalue weighted by Gasteiger charge is -2.32. The van der Waals surface area contributed by atoms with Crippen molar-refractivity contribution in [3.63, 3.8) is 0 Å². The minimum atomic E-state index is -1.00. The van der Waals surface area contributed by atoms with Crippen molar-refractivity contribution in [2.75, 3.05) is 13.2 Å². The van der Waals surface area contributed by atoms with Crippen molar-refractivity contribution >= 4 is 28.6 Å². The highest BCUT2D eigenvalue weighted by Crippen LogP contribution is 2.41. The third-order valence-electron chi connectivity index (χ3n) is 4.65. The summed E-state index contributed by atoms with van der Waals surface area (Å²) in [6, 6.07) is 7.57. The first-order chi connectivity index (χ1) is 11.2. The van der Waals surface area contributed by atoms with Crippen LogP contribution in [0.2, 0.25) is 0 Å². The zero-order chi connectivity index (χ0) is 18.0. The van der Waals surface area contributed by atoms with Crippen molar-refractivity contribution < 1.29 is 18.4 Å². The van der Waals surface area contributed by atoms with Gasteiger partial charge < -0.3 is 14.0 Å². The standard InChI is InChI=1S/C18H25BBrFO3/c1-6-22-12-11-14(13-9-7-8-10-15(13)20)16(21)19-23-17(2,3)18(4,5)24-19/h7-10H,6,11-12H2,1-5H3. The molecule has 0 amide bonds. The molecule has 1 aromatic rings. The number of hydrogen-bond acceptors (Lipinski definition) is 3. The molecule has 0 radical (unpaired) electrons. The number of hydrogen-bond donors (Lipinski definition) is 0. The molecule has 1 fully saturated rings. The molecule has 0 aromatic heterocycles. The minimum absolute atomic E-state index is 0.389. The minimum Gasteiger partial charge on any atom is -0.398 e. The smallest absolute Gasteiger partial charge is 0.398 e. The number of halogens is 2. The summed E-state index contributed by atoms with van der Waals surface area (Å²) in [6.45, 7) is 10.6.